The first-order valence-corrected chi connectivity index (χ1v) is 6.67. The van der Waals surface area contributed by atoms with Gasteiger partial charge in [-0.25, -0.2) is 0 Å². The summed E-state index contributed by atoms with van der Waals surface area (Å²) in [5.74, 6) is 1.07. The highest BCUT2D eigenvalue weighted by Crippen LogP contribution is 2.49. The van der Waals surface area contributed by atoms with E-state index in [9.17, 15) is 4.79 Å². The Labute approximate surface area is 105 Å². The van der Waals surface area contributed by atoms with Crippen molar-refractivity contribution in [3.05, 3.63) is 34.3 Å². The van der Waals surface area contributed by atoms with E-state index in [4.69, 9.17) is 0 Å². The van der Waals surface area contributed by atoms with Crippen LogP contribution in [0, 0.1) is 5.92 Å². The summed E-state index contributed by atoms with van der Waals surface area (Å²) < 4.78 is 1.06. The van der Waals surface area contributed by atoms with Gasteiger partial charge in [-0.2, -0.15) is 0 Å². The lowest BCUT2D eigenvalue weighted by molar-refractivity contribution is -0.129. The van der Waals surface area contributed by atoms with E-state index in [0.29, 0.717) is 18.1 Å². The molecule has 1 aromatic rings. The molecule has 1 fully saturated rings. The van der Waals surface area contributed by atoms with E-state index in [1.807, 2.05) is 19.1 Å². The van der Waals surface area contributed by atoms with Crippen molar-refractivity contribution in [2.45, 2.75) is 38.5 Å². The van der Waals surface area contributed by atoms with Gasteiger partial charge in [-0.05, 0) is 36.5 Å². The molecule has 1 aliphatic carbocycles. The Hall–Kier alpha value is -0.630. The van der Waals surface area contributed by atoms with Gasteiger partial charge in [-0.3, -0.25) is 4.79 Å². The average molecular weight is 281 g/mol. The normalized spacial score (nSPS) is 28.6. The second kappa shape index (κ2) is 4.33. The summed E-state index contributed by atoms with van der Waals surface area (Å²) in [6.07, 6.45) is 2.66. The number of ketones is 1. The number of Topliss-reactive ketones (excluding diaryl/α,β-unsaturated/α-hetero) is 1. The molecule has 1 aromatic carbocycles. The smallest absolute Gasteiger partial charge is 0.143 e. The van der Waals surface area contributed by atoms with Crippen molar-refractivity contribution < 1.29 is 4.79 Å². The van der Waals surface area contributed by atoms with E-state index in [0.717, 1.165) is 17.3 Å². The lowest BCUT2D eigenvalue weighted by Crippen LogP contribution is -2.46. The van der Waals surface area contributed by atoms with Crippen molar-refractivity contribution in [3.8, 4) is 0 Å². The highest BCUT2D eigenvalue weighted by atomic mass is 79.9. The van der Waals surface area contributed by atoms with Gasteiger partial charge in [0.15, 0.2) is 0 Å². The molecular weight excluding hydrogens is 264 g/mol. The van der Waals surface area contributed by atoms with Gasteiger partial charge < -0.3 is 0 Å². The average Bonchev–Trinajstić information content (AvgIpc) is 2.23. The van der Waals surface area contributed by atoms with E-state index in [1.54, 1.807) is 0 Å². The predicted octanol–water partition coefficient (Wildman–Crippen LogP) is 4.10. The third-order valence-corrected chi connectivity index (χ3v) is 4.12. The second-order valence-corrected chi connectivity index (χ2v) is 5.80. The Morgan fingerprint density at radius 2 is 2.19 bits per heavy atom. The fourth-order valence-corrected chi connectivity index (χ4v) is 3.28. The number of carbonyl (C=O) groups is 1. The molecule has 0 atom stereocenters. The van der Waals surface area contributed by atoms with E-state index in [-0.39, 0.29) is 5.41 Å². The third-order valence-electron chi connectivity index (χ3n) is 3.63. The van der Waals surface area contributed by atoms with Crippen LogP contribution in [0.1, 0.15) is 38.7 Å². The Bertz CT molecular complexity index is 405. The van der Waals surface area contributed by atoms with E-state index >= 15 is 0 Å². The molecule has 0 aromatic heterocycles. The quantitative estimate of drug-likeness (QED) is 0.815. The zero-order valence-corrected chi connectivity index (χ0v) is 11.4. The van der Waals surface area contributed by atoms with Crippen LogP contribution in [0.3, 0.4) is 0 Å². The number of rotatable bonds is 3. The molecule has 1 aliphatic rings. The van der Waals surface area contributed by atoms with E-state index in [2.05, 4.69) is 35.0 Å². The van der Waals surface area contributed by atoms with Crippen LogP contribution in [0.4, 0.5) is 0 Å². The van der Waals surface area contributed by atoms with Crippen LogP contribution in [0.5, 0.6) is 0 Å². The summed E-state index contributed by atoms with van der Waals surface area (Å²) in [6, 6.07) is 8.21. The fraction of sp³-hybridized carbons (Fsp3) is 0.500. The van der Waals surface area contributed by atoms with Gasteiger partial charge in [0.25, 0.3) is 0 Å². The molecule has 0 amide bonds. The van der Waals surface area contributed by atoms with Crippen molar-refractivity contribution in [2.75, 3.05) is 0 Å². The third kappa shape index (κ3) is 1.84. The fourth-order valence-electron chi connectivity index (χ4n) is 2.88. The monoisotopic (exact) mass is 280 g/mol. The predicted molar refractivity (Wildman–Crippen MR) is 69.5 cm³/mol. The maximum atomic E-state index is 12.2. The largest absolute Gasteiger partial charge is 0.299 e. The topological polar surface area (TPSA) is 17.1 Å². The highest BCUT2D eigenvalue weighted by Gasteiger charge is 2.48. The second-order valence-electron chi connectivity index (χ2n) is 4.88. The molecule has 1 saturated carbocycles. The molecule has 1 nitrogen and oxygen atoms in total. The van der Waals surface area contributed by atoms with Crippen molar-refractivity contribution in [1.82, 2.24) is 0 Å². The van der Waals surface area contributed by atoms with Crippen LogP contribution >= 0.6 is 15.9 Å². The molecule has 0 heterocycles. The maximum absolute atomic E-state index is 12.2. The zero-order chi connectivity index (χ0) is 11.8. The van der Waals surface area contributed by atoms with Crippen LogP contribution < -0.4 is 0 Å². The summed E-state index contributed by atoms with van der Waals surface area (Å²) in [7, 11) is 0. The summed E-state index contributed by atoms with van der Waals surface area (Å²) in [6.45, 7) is 4.18. The van der Waals surface area contributed by atoms with Crippen LogP contribution in [-0.2, 0) is 10.2 Å². The first-order chi connectivity index (χ1) is 7.58. The number of hydrogen-bond donors (Lipinski definition) is 0. The molecule has 0 aliphatic heterocycles. The zero-order valence-electron chi connectivity index (χ0n) is 9.79. The van der Waals surface area contributed by atoms with E-state index in [1.165, 1.54) is 5.56 Å². The van der Waals surface area contributed by atoms with E-state index < -0.39 is 0 Å². The van der Waals surface area contributed by atoms with Crippen LogP contribution in [0.15, 0.2) is 28.7 Å². The number of benzene rings is 1. The lowest BCUT2D eigenvalue weighted by Gasteiger charge is -2.45. The molecule has 16 heavy (non-hydrogen) atoms. The molecule has 0 saturated heterocycles. The maximum Gasteiger partial charge on any atom is 0.143 e. The number of halogens is 1. The summed E-state index contributed by atoms with van der Waals surface area (Å²) in [4.78, 5) is 12.2. The van der Waals surface area contributed by atoms with Crippen molar-refractivity contribution in [3.63, 3.8) is 0 Å². The molecule has 0 radical (unpaired) electrons. The molecule has 0 bridgehead atoms. The van der Waals surface area contributed by atoms with Crippen LogP contribution in [-0.4, -0.2) is 5.78 Å². The van der Waals surface area contributed by atoms with Crippen LogP contribution in [0.25, 0.3) is 0 Å². The molecule has 0 N–H and O–H groups in total. The minimum atomic E-state index is -0.183. The molecule has 86 valence electrons. The van der Waals surface area contributed by atoms with Crippen molar-refractivity contribution >= 4 is 21.7 Å². The minimum Gasteiger partial charge on any atom is -0.299 e. The SMILES string of the molecule is CCC(=O)[C@]1(c2cccc(Br)c2)C[C@H](C)C1. The van der Waals surface area contributed by atoms with Crippen LogP contribution in [0.2, 0.25) is 0 Å². The Morgan fingerprint density at radius 1 is 1.50 bits per heavy atom. The van der Waals surface area contributed by atoms with Gasteiger partial charge in [0.2, 0.25) is 0 Å². The van der Waals surface area contributed by atoms with Crippen molar-refractivity contribution in [1.29, 1.82) is 0 Å². The molecule has 0 unspecified atom stereocenters. The number of carbonyl (C=O) groups excluding carboxylic acids is 1. The van der Waals surface area contributed by atoms with Gasteiger partial charge in [-0.1, -0.05) is 41.9 Å². The summed E-state index contributed by atoms with van der Waals surface area (Å²) in [5, 5.41) is 0. The first-order valence-electron chi connectivity index (χ1n) is 5.88. The highest BCUT2D eigenvalue weighted by molar-refractivity contribution is 9.10. The van der Waals surface area contributed by atoms with Gasteiger partial charge >= 0.3 is 0 Å². The Balaban J connectivity index is 2.37. The molecular formula is C14H17BrO. The minimum absolute atomic E-state index is 0.183. The Morgan fingerprint density at radius 3 is 2.69 bits per heavy atom. The summed E-state index contributed by atoms with van der Waals surface area (Å²) >= 11 is 3.48. The molecule has 0 spiro atoms. The van der Waals surface area contributed by atoms with Crippen molar-refractivity contribution in [2.24, 2.45) is 5.92 Å². The van der Waals surface area contributed by atoms with Gasteiger partial charge in [-0.15, -0.1) is 0 Å². The molecule has 2 rings (SSSR count). The lowest BCUT2D eigenvalue weighted by atomic mass is 9.56. The molecule has 2 heteroatoms. The Kier molecular flexibility index (Phi) is 3.20. The van der Waals surface area contributed by atoms with Gasteiger partial charge in [0.05, 0.1) is 5.41 Å². The summed E-state index contributed by atoms with van der Waals surface area (Å²) in [5.41, 5.74) is 1.00. The van der Waals surface area contributed by atoms with Gasteiger partial charge in [0, 0.05) is 10.9 Å². The number of hydrogen-bond acceptors (Lipinski definition) is 1. The van der Waals surface area contributed by atoms with Gasteiger partial charge in [0.1, 0.15) is 5.78 Å². The standard InChI is InChI=1S/C14H17BrO/c1-3-13(16)14(8-10(2)9-14)11-5-4-6-12(15)7-11/h4-7,10H,3,8-9H2,1-2H3/t10-,14+. The first kappa shape index (κ1) is 11.8.